The molecule has 0 radical (unpaired) electrons. The fourth-order valence-corrected chi connectivity index (χ4v) is 2.69. The number of aryl methyl sites for hydroxylation is 1. The van der Waals surface area contributed by atoms with Crippen LogP contribution in [0.1, 0.15) is 15.9 Å². The van der Waals surface area contributed by atoms with Crippen LogP contribution in [0.3, 0.4) is 0 Å². The highest BCUT2D eigenvalue weighted by Gasteiger charge is 2.15. The number of carbonyl (C=O) groups is 2. The van der Waals surface area contributed by atoms with Gasteiger partial charge >= 0.3 is 0 Å². The quantitative estimate of drug-likeness (QED) is 0.475. The number of nitrogens with one attached hydrogen (secondary N) is 3. The lowest BCUT2D eigenvalue weighted by Crippen LogP contribution is -2.43. The molecule has 9 heteroatoms. The van der Waals surface area contributed by atoms with Crippen LogP contribution in [0.5, 0.6) is 0 Å². The molecule has 0 atom stereocenters. The largest absolute Gasteiger partial charge is 0.291 e. The van der Waals surface area contributed by atoms with Gasteiger partial charge in [-0.05, 0) is 37.3 Å². The first-order valence-electron chi connectivity index (χ1n) is 8.01. The molecule has 2 aromatic carbocycles. The highest BCUT2D eigenvalue weighted by Crippen LogP contribution is 2.18. The van der Waals surface area contributed by atoms with Crippen LogP contribution in [0.15, 0.2) is 48.5 Å². The van der Waals surface area contributed by atoms with Crippen molar-refractivity contribution in [3.05, 3.63) is 70.2 Å². The summed E-state index contributed by atoms with van der Waals surface area (Å²) in [5, 5.41) is 6.82. The summed E-state index contributed by atoms with van der Waals surface area (Å²) in [5.74, 6) is -1.47. The Morgan fingerprint density at radius 2 is 1.96 bits per heavy atom. The molecule has 1 heterocycles. The van der Waals surface area contributed by atoms with Crippen LogP contribution >= 0.6 is 12.2 Å². The molecule has 2 amide bonds. The Kier molecular flexibility index (Phi) is 5.41. The predicted molar refractivity (Wildman–Crippen MR) is 99.6 cm³/mol. The number of amides is 2. The minimum atomic E-state index is -0.754. The van der Waals surface area contributed by atoms with Crippen molar-refractivity contribution in [1.82, 2.24) is 25.6 Å². The van der Waals surface area contributed by atoms with E-state index >= 15 is 0 Å². The zero-order chi connectivity index (χ0) is 19.4. The summed E-state index contributed by atoms with van der Waals surface area (Å²) in [7, 11) is 0. The van der Waals surface area contributed by atoms with Gasteiger partial charge in [-0.1, -0.05) is 35.9 Å². The molecule has 0 saturated carbocycles. The van der Waals surface area contributed by atoms with Crippen molar-refractivity contribution < 1.29 is 14.0 Å². The summed E-state index contributed by atoms with van der Waals surface area (Å²) in [5.41, 5.74) is 6.10. The van der Waals surface area contributed by atoms with Crippen LogP contribution in [0.25, 0.3) is 11.4 Å². The summed E-state index contributed by atoms with van der Waals surface area (Å²) in [4.78, 5) is 24.2. The van der Waals surface area contributed by atoms with Gasteiger partial charge in [0.15, 0.2) is 10.6 Å². The second-order valence-electron chi connectivity index (χ2n) is 5.79. The van der Waals surface area contributed by atoms with Crippen molar-refractivity contribution >= 4 is 24.0 Å². The van der Waals surface area contributed by atoms with Crippen molar-refractivity contribution in [2.24, 2.45) is 0 Å². The molecule has 1 aromatic heterocycles. The lowest BCUT2D eigenvalue weighted by molar-refractivity contribution is -0.122. The topological polar surface area (TPSA) is 91.8 Å². The lowest BCUT2D eigenvalue weighted by atomic mass is 10.1. The van der Waals surface area contributed by atoms with E-state index in [0.29, 0.717) is 5.82 Å². The number of carbonyl (C=O) groups excluding carboxylic acids is 2. The van der Waals surface area contributed by atoms with Gasteiger partial charge in [0.2, 0.25) is 0 Å². The van der Waals surface area contributed by atoms with Crippen LogP contribution < -0.4 is 10.9 Å². The average molecular weight is 385 g/mol. The van der Waals surface area contributed by atoms with Crippen molar-refractivity contribution in [3.63, 3.8) is 0 Å². The first-order chi connectivity index (χ1) is 13.0. The summed E-state index contributed by atoms with van der Waals surface area (Å²) in [6.07, 6.45) is 0. The van der Waals surface area contributed by atoms with E-state index in [1.807, 2.05) is 31.2 Å². The molecule has 3 rings (SSSR count). The van der Waals surface area contributed by atoms with E-state index in [9.17, 15) is 14.0 Å². The molecule has 0 aliphatic carbocycles. The Hall–Kier alpha value is -3.33. The molecule has 0 bridgehead atoms. The molecule has 138 valence electrons. The maximum Gasteiger partial charge on any atom is 0.272 e. The van der Waals surface area contributed by atoms with Gasteiger partial charge in [-0.25, -0.2) is 4.39 Å². The van der Waals surface area contributed by atoms with Crippen LogP contribution in [0.2, 0.25) is 0 Å². The van der Waals surface area contributed by atoms with Gasteiger partial charge in [0.25, 0.3) is 11.8 Å². The third-order valence-electron chi connectivity index (χ3n) is 3.77. The molecule has 0 aliphatic heterocycles. The molecule has 0 aliphatic rings. The summed E-state index contributed by atoms with van der Waals surface area (Å²) >= 11 is 5.18. The molecule has 0 fully saturated rings. The minimum absolute atomic E-state index is 0.168. The summed E-state index contributed by atoms with van der Waals surface area (Å²) in [6, 6.07) is 13.1. The van der Waals surface area contributed by atoms with Gasteiger partial charge in [0.05, 0.1) is 5.56 Å². The molecule has 3 N–H and O–H groups in total. The van der Waals surface area contributed by atoms with Gasteiger partial charge in [-0.2, -0.15) is 5.10 Å². The maximum atomic E-state index is 13.6. The average Bonchev–Trinajstić information content (AvgIpc) is 3.00. The second-order valence-corrected chi connectivity index (χ2v) is 6.18. The van der Waals surface area contributed by atoms with E-state index in [-0.39, 0.29) is 16.9 Å². The van der Waals surface area contributed by atoms with Crippen LogP contribution in [0.4, 0.5) is 4.39 Å². The molecule has 7 nitrogen and oxygen atoms in total. The van der Waals surface area contributed by atoms with Crippen molar-refractivity contribution in [2.45, 2.75) is 13.5 Å². The van der Waals surface area contributed by atoms with Crippen LogP contribution in [-0.4, -0.2) is 26.6 Å². The van der Waals surface area contributed by atoms with Crippen molar-refractivity contribution in [2.75, 3.05) is 0 Å². The van der Waals surface area contributed by atoms with Crippen molar-refractivity contribution in [3.8, 4) is 11.4 Å². The number of hydrogen-bond acceptors (Lipinski definition) is 4. The Morgan fingerprint density at radius 1 is 1.19 bits per heavy atom. The van der Waals surface area contributed by atoms with Crippen LogP contribution in [0, 0.1) is 17.5 Å². The third-order valence-corrected chi connectivity index (χ3v) is 4.08. The van der Waals surface area contributed by atoms with E-state index in [2.05, 4.69) is 21.0 Å². The van der Waals surface area contributed by atoms with E-state index in [4.69, 9.17) is 12.2 Å². The summed E-state index contributed by atoms with van der Waals surface area (Å²) < 4.78 is 15.4. The van der Waals surface area contributed by atoms with Gasteiger partial charge < -0.3 is 0 Å². The number of hydrazine groups is 1. The fraction of sp³-hybridized carbons (Fsp3) is 0.111. The number of H-pyrrole nitrogens is 1. The number of halogens is 1. The number of rotatable bonds is 4. The van der Waals surface area contributed by atoms with E-state index in [1.165, 1.54) is 22.8 Å². The molecule has 0 saturated heterocycles. The fourth-order valence-electron chi connectivity index (χ4n) is 2.49. The molecular weight excluding hydrogens is 369 g/mol. The van der Waals surface area contributed by atoms with E-state index in [1.54, 1.807) is 0 Å². The third kappa shape index (κ3) is 4.26. The Bertz CT molecular complexity index is 1060. The van der Waals surface area contributed by atoms with Crippen molar-refractivity contribution in [1.29, 1.82) is 0 Å². The molecule has 27 heavy (non-hydrogen) atoms. The van der Waals surface area contributed by atoms with E-state index in [0.717, 1.165) is 17.2 Å². The number of nitrogens with zero attached hydrogens (tertiary/aromatic N) is 2. The number of aromatic nitrogens is 3. The van der Waals surface area contributed by atoms with E-state index < -0.39 is 17.6 Å². The molecular formula is C18H16FN5O2S. The number of aromatic amines is 1. The Labute approximate surface area is 159 Å². The normalized spacial score (nSPS) is 10.4. The zero-order valence-electron chi connectivity index (χ0n) is 14.3. The first-order valence-corrected chi connectivity index (χ1v) is 8.42. The highest BCUT2D eigenvalue weighted by atomic mass is 32.1. The zero-order valence-corrected chi connectivity index (χ0v) is 15.1. The molecule has 0 unspecified atom stereocenters. The molecule has 0 spiro atoms. The SMILES string of the molecule is Cc1cccc(-c2n[nH]c(=S)n2CC(=O)NNC(=O)c2ccccc2F)c1. The minimum Gasteiger partial charge on any atom is -0.291 e. The second kappa shape index (κ2) is 7.92. The standard InChI is InChI=1S/C18H16FN5O2S/c1-11-5-4-6-12(9-11)16-21-23-18(27)24(16)10-15(25)20-22-17(26)13-7-2-3-8-14(13)19/h2-9H,10H2,1H3,(H,20,25)(H,22,26)(H,23,27). The number of benzene rings is 2. The monoisotopic (exact) mass is 385 g/mol. The lowest BCUT2D eigenvalue weighted by Gasteiger charge is -2.10. The Morgan fingerprint density at radius 3 is 2.70 bits per heavy atom. The highest BCUT2D eigenvalue weighted by molar-refractivity contribution is 7.71. The van der Waals surface area contributed by atoms with Crippen LogP contribution in [-0.2, 0) is 11.3 Å². The maximum absolute atomic E-state index is 13.6. The van der Waals surface area contributed by atoms with Gasteiger partial charge in [0.1, 0.15) is 12.4 Å². The number of hydrogen-bond donors (Lipinski definition) is 3. The Balaban J connectivity index is 1.70. The van der Waals surface area contributed by atoms with Gasteiger partial charge in [-0.15, -0.1) is 0 Å². The summed E-state index contributed by atoms with van der Waals surface area (Å²) in [6.45, 7) is 1.77. The smallest absolute Gasteiger partial charge is 0.272 e. The van der Waals surface area contributed by atoms with Gasteiger partial charge in [-0.3, -0.25) is 30.1 Å². The van der Waals surface area contributed by atoms with Gasteiger partial charge in [0, 0.05) is 5.56 Å². The first kappa shape index (κ1) is 18.5. The molecule has 3 aromatic rings. The predicted octanol–water partition coefficient (Wildman–Crippen LogP) is 2.52.